The van der Waals surface area contributed by atoms with Crippen LogP contribution >= 0.6 is 15.9 Å². The Hall–Kier alpha value is -2.64. The number of rotatable bonds is 5. The van der Waals surface area contributed by atoms with Gasteiger partial charge in [0.2, 0.25) is 0 Å². The van der Waals surface area contributed by atoms with Crippen LogP contribution in [-0.4, -0.2) is 14.3 Å². The Morgan fingerprint density at radius 3 is 2.03 bits per heavy atom. The quantitative estimate of drug-likeness (QED) is 0.519. The summed E-state index contributed by atoms with van der Waals surface area (Å²) in [6.07, 6.45) is 0. The van der Waals surface area contributed by atoms with Gasteiger partial charge in [-0.1, -0.05) is 28.1 Å². The molecule has 29 heavy (non-hydrogen) atoms. The average molecular weight is 473 g/mol. The second-order valence-electron chi connectivity index (χ2n) is 6.92. The van der Waals surface area contributed by atoms with Crippen LogP contribution in [0.25, 0.3) is 0 Å². The molecule has 0 aromatic heterocycles. The molecule has 3 aromatic carbocycles. The second kappa shape index (κ2) is 8.39. The van der Waals surface area contributed by atoms with E-state index in [9.17, 15) is 13.2 Å². The van der Waals surface area contributed by atoms with Crippen molar-refractivity contribution in [2.45, 2.75) is 25.7 Å². The SMILES string of the molecule is Cc1cc(C)cc(NS(=O)(=O)c2ccc(NC(=O)c3ccc(C)c(Br)c3)cc2)c1. The molecule has 1 amide bonds. The summed E-state index contributed by atoms with van der Waals surface area (Å²) in [7, 11) is -3.72. The van der Waals surface area contributed by atoms with E-state index in [0.717, 1.165) is 21.2 Å². The van der Waals surface area contributed by atoms with Gasteiger partial charge in [0, 0.05) is 21.4 Å². The third-order valence-corrected chi connectivity index (χ3v) is 6.58. The minimum atomic E-state index is -3.72. The summed E-state index contributed by atoms with van der Waals surface area (Å²) in [4.78, 5) is 12.5. The van der Waals surface area contributed by atoms with Gasteiger partial charge in [0.15, 0.2) is 0 Å². The van der Waals surface area contributed by atoms with Crippen LogP contribution in [0.1, 0.15) is 27.0 Å². The maximum absolute atomic E-state index is 12.6. The predicted octanol–water partition coefficient (Wildman–Crippen LogP) is 5.43. The molecule has 0 aliphatic heterocycles. The van der Waals surface area contributed by atoms with Crippen molar-refractivity contribution in [1.82, 2.24) is 0 Å². The number of aryl methyl sites for hydroxylation is 3. The minimum Gasteiger partial charge on any atom is -0.322 e. The van der Waals surface area contributed by atoms with E-state index in [4.69, 9.17) is 0 Å². The van der Waals surface area contributed by atoms with Gasteiger partial charge in [-0.3, -0.25) is 9.52 Å². The van der Waals surface area contributed by atoms with Gasteiger partial charge in [-0.25, -0.2) is 8.42 Å². The van der Waals surface area contributed by atoms with E-state index in [1.54, 1.807) is 36.4 Å². The first-order valence-corrected chi connectivity index (χ1v) is 11.2. The average Bonchev–Trinajstić information content (AvgIpc) is 2.63. The fraction of sp³-hybridized carbons (Fsp3) is 0.136. The zero-order valence-electron chi connectivity index (χ0n) is 16.3. The fourth-order valence-electron chi connectivity index (χ4n) is 2.90. The number of benzene rings is 3. The smallest absolute Gasteiger partial charge is 0.261 e. The van der Waals surface area contributed by atoms with Crippen molar-refractivity contribution >= 4 is 43.2 Å². The van der Waals surface area contributed by atoms with Crippen LogP contribution in [0.3, 0.4) is 0 Å². The van der Waals surface area contributed by atoms with E-state index >= 15 is 0 Å². The van der Waals surface area contributed by atoms with E-state index in [1.165, 1.54) is 12.1 Å². The fourth-order valence-corrected chi connectivity index (χ4v) is 4.32. The predicted molar refractivity (Wildman–Crippen MR) is 120 cm³/mol. The molecule has 150 valence electrons. The molecule has 0 spiro atoms. The van der Waals surface area contributed by atoms with E-state index in [0.29, 0.717) is 16.9 Å². The second-order valence-corrected chi connectivity index (χ2v) is 9.46. The molecule has 0 aliphatic rings. The Morgan fingerprint density at radius 2 is 1.45 bits per heavy atom. The largest absolute Gasteiger partial charge is 0.322 e. The summed E-state index contributed by atoms with van der Waals surface area (Å²) in [6, 6.07) is 16.9. The van der Waals surface area contributed by atoms with Gasteiger partial charge in [0.25, 0.3) is 15.9 Å². The number of hydrogen-bond acceptors (Lipinski definition) is 3. The summed E-state index contributed by atoms with van der Waals surface area (Å²) in [6.45, 7) is 5.76. The lowest BCUT2D eigenvalue weighted by atomic mass is 10.1. The highest BCUT2D eigenvalue weighted by Crippen LogP contribution is 2.22. The Bertz CT molecular complexity index is 1150. The standard InChI is InChI=1S/C22H21BrN2O3S/c1-14-10-15(2)12-19(11-14)25-29(27,28)20-8-6-18(7-9-20)24-22(26)17-5-4-16(3)21(23)13-17/h4-13,25H,1-3H3,(H,24,26). The van der Waals surface area contributed by atoms with Crippen LogP contribution in [0.5, 0.6) is 0 Å². The van der Waals surface area contributed by atoms with Gasteiger partial charge >= 0.3 is 0 Å². The Morgan fingerprint density at radius 1 is 0.828 bits per heavy atom. The molecule has 0 radical (unpaired) electrons. The van der Waals surface area contributed by atoms with E-state index in [1.807, 2.05) is 32.9 Å². The molecule has 0 aliphatic carbocycles. The molecule has 3 aromatic rings. The lowest BCUT2D eigenvalue weighted by molar-refractivity contribution is 0.102. The van der Waals surface area contributed by atoms with E-state index in [-0.39, 0.29) is 10.8 Å². The van der Waals surface area contributed by atoms with Crippen molar-refractivity contribution in [3.8, 4) is 0 Å². The molecule has 7 heteroatoms. The third-order valence-electron chi connectivity index (χ3n) is 4.33. The molecule has 0 saturated carbocycles. The van der Waals surface area contributed by atoms with Crippen LogP contribution in [0.15, 0.2) is 70.0 Å². The minimum absolute atomic E-state index is 0.118. The van der Waals surface area contributed by atoms with Gasteiger partial charge in [-0.15, -0.1) is 0 Å². The molecule has 2 N–H and O–H groups in total. The number of carbonyl (C=O) groups excluding carboxylic acids is 1. The monoisotopic (exact) mass is 472 g/mol. The van der Waals surface area contributed by atoms with E-state index in [2.05, 4.69) is 26.0 Å². The topological polar surface area (TPSA) is 75.3 Å². The number of carbonyl (C=O) groups is 1. The summed E-state index contributed by atoms with van der Waals surface area (Å²) >= 11 is 3.41. The van der Waals surface area contributed by atoms with Gasteiger partial charge in [-0.2, -0.15) is 0 Å². The molecule has 0 saturated heterocycles. The molecule has 3 rings (SSSR count). The number of nitrogens with one attached hydrogen (secondary N) is 2. The number of sulfonamides is 1. The summed E-state index contributed by atoms with van der Waals surface area (Å²) in [5.74, 6) is -0.269. The Balaban J connectivity index is 1.74. The van der Waals surface area contributed by atoms with Crippen LogP contribution in [-0.2, 0) is 10.0 Å². The zero-order valence-corrected chi connectivity index (χ0v) is 18.7. The maximum atomic E-state index is 12.6. The van der Waals surface area contributed by atoms with Gasteiger partial charge in [0.05, 0.1) is 4.90 Å². The number of halogens is 1. The van der Waals surface area contributed by atoms with Crippen molar-refractivity contribution in [2.75, 3.05) is 10.0 Å². The number of anilines is 2. The van der Waals surface area contributed by atoms with Crippen molar-refractivity contribution in [3.63, 3.8) is 0 Å². The molecule has 0 atom stereocenters. The molecule has 0 heterocycles. The van der Waals surface area contributed by atoms with Crippen LogP contribution < -0.4 is 10.0 Å². The first kappa shape index (κ1) is 21.1. The Kier molecular flexibility index (Phi) is 6.10. The molecular formula is C22H21BrN2O3S. The Labute approximate surface area is 179 Å². The van der Waals surface area contributed by atoms with E-state index < -0.39 is 10.0 Å². The van der Waals surface area contributed by atoms with Crippen molar-refractivity contribution in [1.29, 1.82) is 0 Å². The molecule has 0 fully saturated rings. The maximum Gasteiger partial charge on any atom is 0.261 e. The summed E-state index contributed by atoms with van der Waals surface area (Å²) in [5, 5.41) is 2.77. The highest BCUT2D eigenvalue weighted by molar-refractivity contribution is 9.10. The zero-order chi connectivity index (χ0) is 21.2. The lowest BCUT2D eigenvalue weighted by Crippen LogP contribution is -2.14. The van der Waals surface area contributed by atoms with Gasteiger partial charge < -0.3 is 5.32 Å². The van der Waals surface area contributed by atoms with Gasteiger partial charge in [0.1, 0.15) is 0 Å². The number of amides is 1. The lowest BCUT2D eigenvalue weighted by Gasteiger charge is -2.11. The number of hydrogen-bond donors (Lipinski definition) is 2. The third kappa shape index (κ3) is 5.25. The van der Waals surface area contributed by atoms with Crippen molar-refractivity contribution in [2.24, 2.45) is 0 Å². The van der Waals surface area contributed by atoms with Crippen molar-refractivity contribution < 1.29 is 13.2 Å². The first-order chi connectivity index (χ1) is 13.6. The molecule has 0 unspecified atom stereocenters. The normalized spacial score (nSPS) is 11.2. The molecule has 5 nitrogen and oxygen atoms in total. The highest BCUT2D eigenvalue weighted by Gasteiger charge is 2.15. The van der Waals surface area contributed by atoms with Gasteiger partial charge in [-0.05, 0) is 86.0 Å². The summed E-state index contributed by atoms with van der Waals surface area (Å²) in [5.41, 5.74) is 4.52. The first-order valence-electron chi connectivity index (χ1n) is 8.93. The van der Waals surface area contributed by atoms with Crippen LogP contribution in [0, 0.1) is 20.8 Å². The summed E-state index contributed by atoms with van der Waals surface area (Å²) < 4.78 is 28.7. The molecular weight excluding hydrogens is 452 g/mol. The highest BCUT2D eigenvalue weighted by atomic mass is 79.9. The van der Waals surface area contributed by atoms with Crippen molar-refractivity contribution in [3.05, 3.63) is 87.4 Å². The van der Waals surface area contributed by atoms with Crippen LogP contribution in [0.2, 0.25) is 0 Å². The van der Waals surface area contributed by atoms with Crippen LogP contribution in [0.4, 0.5) is 11.4 Å². The molecule has 0 bridgehead atoms.